The molecule has 3 heteroatoms. The number of benzene rings is 4. The third-order valence-electron chi connectivity index (χ3n) is 5.56. The zero-order valence-corrected chi connectivity index (χ0v) is 17.1. The predicted octanol–water partition coefficient (Wildman–Crippen LogP) is 6.63. The summed E-state index contributed by atoms with van der Waals surface area (Å²) in [6.45, 7) is 3.66. The van der Waals surface area contributed by atoms with Crippen molar-refractivity contribution < 1.29 is 4.74 Å². The minimum Gasteiger partial charge on any atom is -0.494 e. The lowest BCUT2D eigenvalue weighted by atomic mass is 10.1. The molecule has 0 spiro atoms. The molecule has 0 fully saturated rings. The number of fused-ring (bicyclic) bond motifs is 2. The molecule has 5 aromatic rings. The SMILES string of the molecule is Cc1ccccc1-c1nc2ccccc2n1CCCOc1ccc2ccccc2c1. The van der Waals surface area contributed by atoms with E-state index in [-0.39, 0.29) is 0 Å². The Morgan fingerprint density at radius 3 is 2.47 bits per heavy atom. The summed E-state index contributed by atoms with van der Waals surface area (Å²) in [4.78, 5) is 4.94. The minimum atomic E-state index is 0.665. The normalized spacial score (nSPS) is 11.2. The zero-order chi connectivity index (χ0) is 20.3. The van der Waals surface area contributed by atoms with Crippen LogP contribution in [-0.4, -0.2) is 16.2 Å². The maximum Gasteiger partial charge on any atom is 0.141 e. The lowest BCUT2D eigenvalue weighted by molar-refractivity contribution is 0.303. The molecule has 1 aromatic heterocycles. The van der Waals surface area contributed by atoms with Crippen LogP contribution < -0.4 is 4.74 Å². The van der Waals surface area contributed by atoms with E-state index in [2.05, 4.69) is 90.4 Å². The maximum absolute atomic E-state index is 6.06. The number of nitrogens with zero attached hydrogens (tertiary/aromatic N) is 2. The molecule has 4 aromatic carbocycles. The molecule has 148 valence electrons. The van der Waals surface area contributed by atoms with Crippen LogP contribution in [-0.2, 0) is 6.54 Å². The Morgan fingerprint density at radius 2 is 1.57 bits per heavy atom. The van der Waals surface area contributed by atoms with Gasteiger partial charge in [-0.3, -0.25) is 0 Å². The Balaban J connectivity index is 1.36. The van der Waals surface area contributed by atoms with Crippen LogP contribution >= 0.6 is 0 Å². The van der Waals surface area contributed by atoms with Crippen molar-refractivity contribution in [3.8, 4) is 17.1 Å². The molecule has 0 aliphatic carbocycles. The van der Waals surface area contributed by atoms with Crippen molar-refractivity contribution in [1.82, 2.24) is 9.55 Å². The Morgan fingerprint density at radius 1 is 0.800 bits per heavy atom. The summed E-state index contributed by atoms with van der Waals surface area (Å²) >= 11 is 0. The molecule has 30 heavy (non-hydrogen) atoms. The molecule has 0 radical (unpaired) electrons. The van der Waals surface area contributed by atoms with Gasteiger partial charge >= 0.3 is 0 Å². The predicted molar refractivity (Wildman–Crippen MR) is 124 cm³/mol. The number of hydrogen-bond donors (Lipinski definition) is 0. The summed E-state index contributed by atoms with van der Waals surface area (Å²) in [6.07, 6.45) is 0.909. The first-order valence-corrected chi connectivity index (χ1v) is 10.4. The van der Waals surface area contributed by atoms with Crippen LogP contribution in [0, 0.1) is 6.92 Å². The summed E-state index contributed by atoms with van der Waals surface area (Å²) in [6, 6.07) is 31.4. The molecular weight excluding hydrogens is 368 g/mol. The van der Waals surface area contributed by atoms with Crippen LogP contribution in [0.15, 0.2) is 91.0 Å². The number of rotatable bonds is 6. The van der Waals surface area contributed by atoms with Gasteiger partial charge in [0.25, 0.3) is 0 Å². The van der Waals surface area contributed by atoms with Crippen molar-refractivity contribution in [3.63, 3.8) is 0 Å². The fraction of sp³-hybridized carbons (Fsp3) is 0.148. The van der Waals surface area contributed by atoms with E-state index in [1.54, 1.807) is 0 Å². The highest BCUT2D eigenvalue weighted by Crippen LogP contribution is 2.27. The van der Waals surface area contributed by atoms with E-state index in [9.17, 15) is 0 Å². The molecule has 0 amide bonds. The van der Waals surface area contributed by atoms with Gasteiger partial charge in [0.2, 0.25) is 0 Å². The molecule has 0 saturated heterocycles. The second-order valence-corrected chi connectivity index (χ2v) is 7.60. The topological polar surface area (TPSA) is 27.1 Å². The number of aromatic nitrogens is 2. The molecule has 0 bridgehead atoms. The lowest BCUT2D eigenvalue weighted by Gasteiger charge is -2.12. The van der Waals surface area contributed by atoms with Gasteiger partial charge in [-0.15, -0.1) is 0 Å². The van der Waals surface area contributed by atoms with Crippen molar-refractivity contribution >= 4 is 21.8 Å². The number of ether oxygens (including phenoxy) is 1. The van der Waals surface area contributed by atoms with Crippen molar-refractivity contribution in [2.24, 2.45) is 0 Å². The standard InChI is InChI=1S/C27H24N2O/c1-20-9-2-5-12-24(20)27-28-25-13-6-7-14-26(25)29(27)17-8-18-30-23-16-15-21-10-3-4-11-22(21)19-23/h2-7,9-16,19H,8,17-18H2,1H3. The number of para-hydroxylation sites is 2. The fourth-order valence-corrected chi connectivity index (χ4v) is 4.00. The van der Waals surface area contributed by atoms with Crippen molar-refractivity contribution in [2.45, 2.75) is 19.9 Å². The number of imidazole rings is 1. The van der Waals surface area contributed by atoms with E-state index in [1.807, 2.05) is 12.1 Å². The summed E-state index contributed by atoms with van der Waals surface area (Å²) in [5.41, 5.74) is 4.62. The van der Waals surface area contributed by atoms with Gasteiger partial charge in [0, 0.05) is 12.1 Å². The van der Waals surface area contributed by atoms with E-state index in [0.29, 0.717) is 6.61 Å². The second kappa shape index (κ2) is 8.03. The Hall–Kier alpha value is -3.59. The Bertz CT molecular complexity index is 1320. The van der Waals surface area contributed by atoms with Gasteiger partial charge in [-0.05, 0) is 53.9 Å². The van der Waals surface area contributed by atoms with Crippen LogP contribution in [0.4, 0.5) is 0 Å². The van der Waals surface area contributed by atoms with Crippen LogP contribution in [0.1, 0.15) is 12.0 Å². The van der Waals surface area contributed by atoms with Crippen molar-refractivity contribution in [3.05, 3.63) is 96.6 Å². The summed E-state index contributed by atoms with van der Waals surface area (Å²) < 4.78 is 8.38. The smallest absolute Gasteiger partial charge is 0.141 e. The molecule has 0 N–H and O–H groups in total. The van der Waals surface area contributed by atoms with Crippen LogP contribution in [0.3, 0.4) is 0 Å². The van der Waals surface area contributed by atoms with Crippen molar-refractivity contribution in [2.75, 3.05) is 6.61 Å². The largest absolute Gasteiger partial charge is 0.494 e. The van der Waals surface area contributed by atoms with Crippen LogP contribution in [0.2, 0.25) is 0 Å². The third-order valence-corrected chi connectivity index (χ3v) is 5.56. The highest BCUT2D eigenvalue weighted by Gasteiger charge is 2.13. The monoisotopic (exact) mass is 392 g/mol. The average Bonchev–Trinajstić information content (AvgIpc) is 3.15. The first-order chi connectivity index (χ1) is 14.8. The molecule has 0 aliphatic rings. The van der Waals surface area contributed by atoms with Gasteiger partial charge in [-0.2, -0.15) is 0 Å². The summed E-state index contributed by atoms with van der Waals surface area (Å²) in [5, 5.41) is 2.44. The molecule has 3 nitrogen and oxygen atoms in total. The lowest BCUT2D eigenvalue weighted by Crippen LogP contribution is -2.06. The summed E-state index contributed by atoms with van der Waals surface area (Å²) in [7, 11) is 0. The minimum absolute atomic E-state index is 0.665. The van der Waals surface area contributed by atoms with Crippen LogP contribution in [0.5, 0.6) is 5.75 Å². The van der Waals surface area contributed by atoms with E-state index in [1.165, 1.54) is 27.4 Å². The second-order valence-electron chi connectivity index (χ2n) is 7.60. The molecule has 0 saturated carbocycles. The number of hydrogen-bond acceptors (Lipinski definition) is 2. The van der Waals surface area contributed by atoms with Gasteiger partial charge in [0.1, 0.15) is 11.6 Å². The molecule has 0 unspecified atom stereocenters. The summed E-state index contributed by atoms with van der Waals surface area (Å²) in [5.74, 6) is 1.95. The Kier molecular flexibility index (Phi) is 4.94. The van der Waals surface area contributed by atoms with E-state index >= 15 is 0 Å². The molecule has 0 aliphatic heterocycles. The molecule has 0 atom stereocenters. The van der Waals surface area contributed by atoms with Gasteiger partial charge in [0.15, 0.2) is 0 Å². The molecular formula is C27H24N2O. The third kappa shape index (κ3) is 3.55. The molecule has 1 heterocycles. The Labute approximate surface area is 176 Å². The number of aryl methyl sites for hydroxylation is 2. The van der Waals surface area contributed by atoms with E-state index in [0.717, 1.165) is 30.1 Å². The van der Waals surface area contributed by atoms with Gasteiger partial charge in [-0.25, -0.2) is 4.98 Å². The van der Waals surface area contributed by atoms with Crippen molar-refractivity contribution in [1.29, 1.82) is 0 Å². The van der Waals surface area contributed by atoms with E-state index in [4.69, 9.17) is 9.72 Å². The van der Waals surface area contributed by atoms with E-state index < -0.39 is 0 Å². The average molecular weight is 393 g/mol. The van der Waals surface area contributed by atoms with Gasteiger partial charge < -0.3 is 9.30 Å². The maximum atomic E-state index is 6.06. The first kappa shape index (κ1) is 18.4. The highest BCUT2D eigenvalue weighted by atomic mass is 16.5. The van der Waals surface area contributed by atoms with Gasteiger partial charge in [0.05, 0.1) is 17.6 Å². The fourth-order valence-electron chi connectivity index (χ4n) is 4.00. The first-order valence-electron chi connectivity index (χ1n) is 10.4. The van der Waals surface area contributed by atoms with Gasteiger partial charge in [-0.1, -0.05) is 66.7 Å². The highest BCUT2D eigenvalue weighted by molar-refractivity contribution is 5.83. The zero-order valence-electron chi connectivity index (χ0n) is 17.1. The van der Waals surface area contributed by atoms with Crippen LogP contribution in [0.25, 0.3) is 33.2 Å². The quantitative estimate of drug-likeness (QED) is 0.303. The molecule has 5 rings (SSSR count).